The number of carbonyl (C=O) groups excluding carboxylic acids is 2. The molecule has 1 aliphatic rings. The van der Waals surface area contributed by atoms with Crippen molar-refractivity contribution in [1.29, 1.82) is 0 Å². The Morgan fingerprint density at radius 2 is 1.80 bits per heavy atom. The predicted molar refractivity (Wildman–Crippen MR) is 145 cm³/mol. The molecule has 3 heterocycles. The summed E-state index contributed by atoms with van der Waals surface area (Å²) < 4.78 is 85.3. The van der Waals surface area contributed by atoms with E-state index in [1.807, 2.05) is 0 Å². The first-order valence-corrected chi connectivity index (χ1v) is 13.4. The SMILES string of the molecule is CNC(=O)[C@@H]1CN(Cc2cc(F)cc(F)c2F)CCN1C(=O)c1cnn2c(C(F)(F)F)c(C)c(-c3ccc(CO)cc3)nc12. The van der Waals surface area contributed by atoms with Crippen molar-refractivity contribution in [3.8, 4) is 11.3 Å². The Labute approximate surface area is 246 Å². The van der Waals surface area contributed by atoms with Crippen LogP contribution >= 0.6 is 0 Å². The number of hydrogen-bond donors (Lipinski definition) is 2. The van der Waals surface area contributed by atoms with Crippen molar-refractivity contribution in [2.45, 2.75) is 32.3 Å². The van der Waals surface area contributed by atoms with Crippen LogP contribution in [0.4, 0.5) is 26.3 Å². The third kappa shape index (κ3) is 5.71. The van der Waals surface area contributed by atoms with Gasteiger partial charge in [0.25, 0.3) is 5.91 Å². The van der Waals surface area contributed by atoms with Crippen LogP contribution in [0.2, 0.25) is 0 Å². The molecule has 15 heteroatoms. The molecule has 0 bridgehead atoms. The van der Waals surface area contributed by atoms with E-state index in [0.29, 0.717) is 21.7 Å². The molecule has 0 saturated carbocycles. The lowest BCUT2D eigenvalue weighted by molar-refractivity contribution is -0.143. The van der Waals surface area contributed by atoms with E-state index in [4.69, 9.17) is 0 Å². The highest BCUT2D eigenvalue weighted by atomic mass is 19.4. The van der Waals surface area contributed by atoms with Crippen LogP contribution in [0, 0.1) is 24.4 Å². The van der Waals surface area contributed by atoms with Gasteiger partial charge in [0, 0.05) is 56.0 Å². The number of likely N-dealkylation sites (N-methyl/N-ethyl adjacent to an activating group) is 1. The zero-order valence-electron chi connectivity index (χ0n) is 23.4. The fourth-order valence-electron chi connectivity index (χ4n) is 5.34. The molecule has 1 atom stereocenters. The Morgan fingerprint density at radius 3 is 2.43 bits per heavy atom. The molecular weight excluding hydrogens is 594 g/mol. The quantitative estimate of drug-likeness (QED) is 0.252. The van der Waals surface area contributed by atoms with Gasteiger partial charge < -0.3 is 15.3 Å². The summed E-state index contributed by atoms with van der Waals surface area (Å²) in [6, 6.07) is 6.14. The number of nitrogens with zero attached hydrogens (tertiary/aromatic N) is 5. The zero-order valence-corrected chi connectivity index (χ0v) is 23.4. The second kappa shape index (κ2) is 11.9. The van der Waals surface area contributed by atoms with Crippen molar-refractivity contribution in [3.05, 3.63) is 88.0 Å². The Morgan fingerprint density at radius 1 is 1.09 bits per heavy atom. The Kier molecular flexibility index (Phi) is 8.36. The fourth-order valence-corrected chi connectivity index (χ4v) is 5.34. The molecule has 2 amide bonds. The van der Waals surface area contributed by atoms with Crippen LogP contribution in [0.1, 0.15) is 32.7 Å². The minimum absolute atomic E-state index is 0.0544. The number of fused-ring (bicyclic) bond motifs is 1. The summed E-state index contributed by atoms with van der Waals surface area (Å²) in [5.74, 6) is -5.02. The number of nitrogens with one attached hydrogen (secondary N) is 1. The van der Waals surface area contributed by atoms with Crippen LogP contribution in [0.25, 0.3) is 16.9 Å². The average Bonchev–Trinajstić information content (AvgIpc) is 3.41. The zero-order chi connectivity index (χ0) is 31.9. The first kappa shape index (κ1) is 30.9. The van der Waals surface area contributed by atoms with E-state index in [-0.39, 0.29) is 60.8 Å². The number of amides is 2. The van der Waals surface area contributed by atoms with Gasteiger partial charge in [0.05, 0.1) is 18.5 Å². The molecule has 5 rings (SSSR count). The molecule has 0 unspecified atom stereocenters. The number of piperazine rings is 1. The summed E-state index contributed by atoms with van der Waals surface area (Å²) in [7, 11) is 1.33. The Balaban J connectivity index is 1.53. The third-order valence-corrected chi connectivity index (χ3v) is 7.53. The predicted octanol–water partition coefficient (Wildman–Crippen LogP) is 3.71. The van der Waals surface area contributed by atoms with E-state index >= 15 is 0 Å². The number of hydrogen-bond acceptors (Lipinski definition) is 6. The Hall–Kier alpha value is -4.50. The highest BCUT2D eigenvalue weighted by Crippen LogP contribution is 2.37. The average molecular weight is 621 g/mol. The summed E-state index contributed by atoms with van der Waals surface area (Å²) in [6.45, 7) is 0.475. The molecule has 2 N–H and O–H groups in total. The molecule has 4 aromatic rings. The van der Waals surface area contributed by atoms with Crippen molar-refractivity contribution in [2.75, 3.05) is 26.7 Å². The number of halogens is 6. The van der Waals surface area contributed by atoms with Gasteiger partial charge >= 0.3 is 6.18 Å². The van der Waals surface area contributed by atoms with Gasteiger partial charge in [0.15, 0.2) is 23.0 Å². The molecular formula is C29H26F6N6O3. The number of rotatable bonds is 6. The monoisotopic (exact) mass is 620 g/mol. The molecule has 1 saturated heterocycles. The maximum atomic E-state index is 14.3. The summed E-state index contributed by atoms with van der Waals surface area (Å²) >= 11 is 0. The van der Waals surface area contributed by atoms with E-state index in [1.165, 1.54) is 43.1 Å². The summed E-state index contributed by atoms with van der Waals surface area (Å²) in [5.41, 5.74) is -1.53. The van der Waals surface area contributed by atoms with E-state index in [1.54, 1.807) is 0 Å². The van der Waals surface area contributed by atoms with Gasteiger partial charge in [-0.3, -0.25) is 14.5 Å². The van der Waals surface area contributed by atoms with Crippen molar-refractivity contribution < 1.29 is 41.0 Å². The maximum Gasteiger partial charge on any atom is 0.433 e. The van der Waals surface area contributed by atoms with Crippen LogP contribution in [0.5, 0.6) is 0 Å². The molecule has 9 nitrogen and oxygen atoms in total. The normalized spacial score (nSPS) is 16.0. The molecule has 1 aliphatic heterocycles. The number of aliphatic hydroxyl groups is 1. The second-order valence-corrected chi connectivity index (χ2v) is 10.3. The van der Waals surface area contributed by atoms with Crippen LogP contribution in [0.3, 0.4) is 0 Å². The van der Waals surface area contributed by atoms with E-state index in [9.17, 15) is 41.0 Å². The van der Waals surface area contributed by atoms with Gasteiger partial charge in [-0.25, -0.2) is 22.7 Å². The van der Waals surface area contributed by atoms with Crippen LogP contribution in [0.15, 0.2) is 42.6 Å². The number of aliphatic hydroxyl groups excluding tert-OH is 1. The van der Waals surface area contributed by atoms with Crippen LogP contribution in [-0.2, 0) is 24.1 Å². The van der Waals surface area contributed by atoms with E-state index < -0.39 is 47.2 Å². The first-order chi connectivity index (χ1) is 20.8. The largest absolute Gasteiger partial charge is 0.433 e. The molecule has 232 valence electrons. The van der Waals surface area contributed by atoms with Crippen molar-refractivity contribution in [2.24, 2.45) is 0 Å². The minimum Gasteiger partial charge on any atom is -0.392 e. The molecule has 1 fully saturated rings. The molecule has 2 aromatic carbocycles. The van der Waals surface area contributed by atoms with Gasteiger partial charge in [-0.05, 0) is 18.6 Å². The van der Waals surface area contributed by atoms with Gasteiger partial charge in [-0.1, -0.05) is 24.3 Å². The molecule has 0 radical (unpaired) electrons. The highest BCUT2D eigenvalue weighted by Gasteiger charge is 2.41. The first-order valence-electron chi connectivity index (χ1n) is 13.4. The van der Waals surface area contributed by atoms with Gasteiger partial charge in [-0.15, -0.1) is 0 Å². The van der Waals surface area contributed by atoms with Crippen molar-refractivity contribution in [1.82, 2.24) is 29.7 Å². The lowest BCUT2D eigenvalue weighted by atomic mass is 10.0. The van der Waals surface area contributed by atoms with Crippen LogP contribution in [-0.4, -0.2) is 74.0 Å². The summed E-state index contributed by atoms with van der Waals surface area (Å²) in [6.07, 6.45) is -3.92. The van der Waals surface area contributed by atoms with Gasteiger partial charge in [0.1, 0.15) is 17.4 Å². The standard InChI is InChI=1S/C29H26F6N6O3/c1-15-24(17-5-3-16(14-42)4-6-17)38-26-20(11-37-41(26)25(15)29(33,34)35)28(44)40-8-7-39(13-22(40)27(43)36-2)12-18-9-19(30)10-21(31)23(18)32/h3-6,9-11,22,42H,7-8,12-14H2,1-2H3,(H,36,43)/t22-/m0/s1. The topological polar surface area (TPSA) is 103 Å². The number of aromatic nitrogens is 3. The van der Waals surface area contributed by atoms with Crippen molar-refractivity contribution in [3.63, 3.8) is 0 Å². The molecule has 0 spiro atoms. The van der Waals surface area contributed by atoms with Gasteiger partial charge in [-0.2, -0.15) is 18.3 Å². The minimum atomic E-state index is -4.88. The summed E-state index contributed by atoms with van der Waals surface area (Å²) in [4.78, 5) is 33.8. The van der Waals surface area contributed by atoms with Crippen LogP contribution < -0.4 is 5.32 Å². The van der Waals surface area contributed by atoms with E-state index in [2.05, 4.69) is 15.4 Å². The van der Waals surface area contributed by atoms with Crippen molar-refractivity contribution >= 4 is 17.5 Å². The summed E-state index contributed by atoms with van der Waals surface area (Å²) in [5, 5.41) is 15.6. The number of carbonyl (C=O) groups is 2. The lowest BCUT2D eigenvalue weighted by Crippen LogP contribution is -2.60. The molecule has 44 heavy (non-hydrogen) atoms. The maximum absolute atomic E-state index is 14.3. The number of alkyl halides is 3. The highest BCUT2D eigenvalue weighted by molar-refractivity contribution is 6.02. The number of benzene rings is 2. The fraction of sp³-hybridized carbons (Fsp3) is 0.310. The molecule has 2 aromatic heterocycles. The second-order valence-electron chi connectivity index (χ2n) is 10.3. The van der Waals surface area contributed by atoms with E-state index in [0.717, 1.165) is 17.2 Å². The Bertz CT molecular complexity index is 1740. The smallest absolute Gasteiger partial charge is 0.392 e. The van der Waals surface area contributed by atoms with Gasteiger partial charge in [0.2, 0.25) is 5.91 Å². The third-order valence-electron chi connectivity index (χ3n) is 7.53. The lowest BCUT2D eigenvalue weighted by Gasteiger charge is -2.40. The molecule has 0 aliphatic carbocycles.